The van der Waals surface area contributed by atoms with Crippen LogP contribution in [-0.2, 0) is 24.1 Å². The monoisotopic (exact) mass is 403 g/mol. The summed E-state index contributed by atoms with van der Waals surface area (Å²) in [6.45, 7) is 2.04. The fourth-order valence-corrected chi connectivity index (χ4v) is 4.96. The average Bonchev–Trinajstić information content (AvgIpc) is 3.33. The summed E-state index contributed by atoms with van der Waals surface area (Å²) in [6, 6.07) is 12.0. The molecule has 0 unspecified atom stereocenters. The van der Waals surface area contributed by atoms with Gasteiger partial charge in [-0.15, -0.1) is 11.3 Å². The van der Waals surface area contributed by atoms with Crippen LogP contribution in [0.5, 0.6) is 0 Å². The van der Waals surface area contributed by atoms with E-state index in [9.17, 15) is 9.59 Å². The quantitative estimate of drug-likeness (QED) is 0.663. The number of thiazole rings is 1. The molecule has 0 atom stereocenters. The minimum absolute atomic E-state index is 0.0204. The molecule has 0 radical (unpaired) electrons. The Balaban J connectivity index is 1.37. The summed E-state index contributed by atoms with van der Waals surface area (Å²) in [5, 5.41) is 6.39. The lowest BCUT2D eigenvalue weighted by Crippen LogP contribution is -2.20. The van der Waals surface area contributed by atoms with Gasteiger partial charge in [0.2, 0.25) is 5.91 Å². The summed E-state index contributed by atoms with van der Waals surface area (Å²) >= 11 is 1.49. The molecule has 6 heteroatoms. The highest BCUT2D eigenvalue weighted by atomic mass is 32.1. The molecular weight excluding hydrogens is 382 g/mol. The Bertz CT molecular complexity index is 1150. The standard InChI is InChI=1S/C23H21N3O2S/c1-13-21(17-6-5-14-3-2-4-15(14)11-17)25-23(29-13)26-22(28)18-7-9-19-16(12-18)8-10-20(27)24-19/h5-7,9,11-12H,2-4,8,10H2,1H3,(H,24,27)(H,25,26,28). The molecule has 1 aliphatic heterocycles. The first-order valence-electron chi connectivity index (χ1n) is 9.90. The van der Waals surface area contributed by atoms with E-state index in [4.69, 9.17) is 4.98 Å². The van der Waals surface area contributed by atoms with Crippen molar-refractivity contribution in [1.29, 1.82) is 0 Å². The molecular formula is C23H21N3O2S. The minimum atomic E-state index is -0.182. The summed E-state index contributed by atoms with van der Waals surface area (Å²) in [7, 11) is 0. The lowest BCUT2D eigenvalue weighted by atomic mass is 10.0. The maximum absolute atomic E-state index is 12.7. The lowest BCUT2D eigenvalue weighted by molar-refractivity contribution is -0.116. The number of hydrogen-bond donors (Lipinski definition) is 2. The van der Waals surface area contributed by atoms with E-state index in [1.54, 1.807) is 12.1 Å². The van der Waals surface area contributed by atoms with Gasteiger partial charge in [0.05, 0.1) is 5.69 Å². The Kier molecular flexibility index (Phi) is 4.43. The number of carbonyl (C=O) groups is 2. The largest absolute Gasteiger partial charge is 0.326 e. The molecule has 5 rings (SSSR count). The van der Waals surface area contributed by atoms with E-state index in [1.807, 2.05) is 13.0 Å². The number of aromatic nitrogens is 1. The number of rotatable bonds is 3. The third kappa shape index (κ3) is 3.44. The molecule has 2 heterocycles. The van der Waals surface area contributed by atoms with Crippen LogP contribution < -0.4 is 10.6 Å². The van der Waals surface area contributed by atoms with Gasteiger partial charge in [0.15, 0.2) is 5.13 Å². The fraction of sp³-hybridized carbons (Fsp3) is 0.261. The van der Waals surface area contributed by atoms with E-state index in [-0.39, 0.29) is 11.8 Å². The van der Waals surface area contributed by atoms with Crippen molar-refractivity contribution in [3.63, 3.8) is 0 Å². The second-order valence-corrected chi connectivity index (χ2v) is 8.84. The topological polar surface area (TPSA) is 71.1 Å². The zero-order chi connectivity index (χ0) is 20.0. The predicted octanol–water partition coefficient (Wildman–Crippen LogP) is 4.74. The van der Waals surface area contributed by atoms with Crippen LogP contribution in [0, 0.1) is 6.92 Å². The number of nitrogens with zero attached hydrogens (tertiary/aromatic N) is 1. The number of hydrogen-bond acceptors (Lipinski definition) is 4. The van der Waals surface area contributed by atoms with Crippen molar-refractivity contribution < 1.29 is 9.59 Å². The van der Waals surface area contributed by atoms with E-state index in [0.29, 0.717) is 23.5 Å². The third-order valence-electron chi connectivity index (χ3n) is 5.65. The molecule has 0 bridgehead atoms. The summed E-state index contributed by atoms with van der Waals surface area (Å²) in [5.74, 6) is -0.161. The molecule has 2 amide bonds. The van der Waals surface area contributed by atoms with E-state index >= 15 is 0 Å². The van der Waals surface area contributed by atoms with Gasteiger partial charge in [-0.05, 0) is 73.6 Å². The van der Waals surface area contributed by atoms with Crippen LogP contribution in [0.3, 0.4) is 0 Å². The molecule has 0 saturated carbocycles. The van der Waals surface area contributed by atoms with Gasteiger partial charge in [-0.1, -0.05) is 12.1 Å². The zero-order valence-corrected chi connectivity index (χ0v) is 17.0. The van der Waals surface area contributed by atoms with Gasteiger partial charge in [0, 0.05) is 28.1 Å². The van der Waals surface area contributed by atoms with Crippen molar-refractivity contribution in [2.75, 3.05) is 10.6 Å². The van der Waals surface area contributed by atoms with Crippen molar-refractivity contribution in [3.8, 4) is 11.3 Å². The molecule has 1 aliphatic carbocycles. The number of amides is 2. The molecule has 146 valence electrons. The molecule has 3 aromatic rings. The Morgan fingerprint density at radius 1 is 1.03 bits per heavy atom. The number of benzene rings is 2. The normalized spacial score (nSPS) is 14.9. The Hall–Kier alpha value is -2.99. The number of fused-ring (bicyclic) bond motifs is 2. The number of carbonyl (C=O) groups excluding carboxylic acids is 2. The highest BCUT2D eigenvalue weighted by molar-refractivity contribution is 7.16. The molecule has 5 nitrogen and oxygen atoms in total. The van der Waals surface area contributed by atoms with Crippen molar-refractivity contribution in [2.45, 2.75) is 39.0 Å². The van der Waals surface area contributed by atoms with Crippen molar-refractivity contribution in [3.05, 3.63) is 63.5 Å². The second-order valence-electron chi connectivity index (χ2n) is 7.64. The molecule has 2 aliphatic rings. The Morgan fingerprint density at radius 2 is 1.90 bits per heavy atom. The van der Waals surface area contributed by atoms with Gasteiger partial charge in [-0.2, -0.15) is 0 Å². The van der Waals surface area contributed by atoms with Gasteiger partial charge < -0.3 is 5.32 Å². The van der Waals surface area contributed by atoms with Crippen LogP contribution in [0.1, 0.15) is 44.8 Å². The molecule has 2 aromatic carbocycles. The van der Waals surface area contributed by atoms with Gasteiger partial charge in [0.1, 0.15) is 0 Å². The predicted molar refractivity (Wildman–Crippen MR) is 116 cm³/mol. The van der Waals surface area contributed by atoms with Crippen molar-refractivity contribution in [1.82, 2.24) is 4.98 Å². The number of nitrogens with one attached hydrogen (secondary N) is 2. The Labute approximate surface area is 173 Å². The molecule has 0 spiro atoms. The Morgan fingerprint density at radius 3 is 2.79 bits per heavy atom. The van der Waals surface area contributed by atoms with E-state index < -0.39 is 0 Å². The molecule has 2 N–H and O–H groups in total. The van der Waals surface area contributed by atoms with Crippen LogP contribution in [0.2, 0.25) is 0 Å². The maximum Gasteiger partial charge on any atom is 0.257 e. The first kappa shape index (κ1) is 18.1. The van der Waals surface area contributed by atoms with Crippen LogP contribution in [0.4, 0.5) is 10.8 Å². The summed E-state index contributed by atoms with van der Waals surface area (Å²) in [4.78, 5) is 30.0. The molecule has 0 saturated heterocycles. The fourth-order valence-electron chi connectivity index (χ4n) is 4.13. The second kappa shape index (κ2) is 7.12. The van der Waals surface area contributed by atoms with Gasteiger partial charge in [0.25, 0.3) is 5.91 Å². The maximum atomic E-state index is 12.7. The lowest BCUT2D eigenvalue weighted by Gasteiger charge is -2.17. The SMILES string of the molecule is Cc1sc(NC(=O)c2ccc3c(c2)CCC(=O)N3)nc1-c1ccc2c(c1)CCC2. The first-order chi connectivity index (χ1) is 14.1. The van der Waals surface area contributed by atoms with Crippen LogP contribution >= 0.6 is 11.3 Å². The van der Waals surface area contributed by atoms with Gasteiger partial charge >= 0.3 is 0 Å². The highest BCUT2D eigenvalue weighted by Crippen LogP contribution is 2.33. The third-order valence-corrected chi connectivity index (χ3v) is 6.54. The summed E-state index contributed by atoms with van der Waals surface area (Å²) in [5.41, 5.74) is 7.28. The van der Waals surface area contributed by atoms with Crippen LogP contribution in [0.15, 0.2) is 36.4 Å². The van der Waals surface area contributed by atoms with E-state index in [1.165, 1.54) is 28.9 Å². The van der Waals surface area contributed by atoms with E-state index in [0.717, 1.165) is 40.2 Å². The van der Waals surface area contributed by atoms with Crippen LogP contribution in [-0.4, -0.2) is 16.8 Å². The van der Waals surface area contributed by atoms with Crippen molar-refractivity contribution in [2.24, 2.45) is 0 Å². The van der Waals surface area contributed by atoms with E-state index in [2.05, 4.69) is 28.8 Å². The van der Waals surface area contributed by atoms with Gasteiger partial charge in [-0.3, -0.25) is 14.9 Å². The summed E-state index contributed by atoms with van der Waals surface area (Å²) in [6.07, 6.45) is 4.63. The van der Waals surface area contributed by atoms with Gasteiger partial charge in [-0.25, -0.2) is 4.98 Å². The highest BCUT2D eigenvalue weighted by Gasteiger charge is 2.19. The smallest absolute Gasteiger partial charge is 0.257 e. The van der Waals surface area contributed by atoms with Crippen LogP contribution in [0.25, 0.3) is 11.3 Å². The minimum Gasteiger partial charge on any atom is -0.326 e. The first-order valence-corrected chi connectivity index (χ1v) is 10.7. The summed E-state index contributed by atoms with van der Waals surface area (Å²) < 4.78 is 0. The van der Waals surface area contributed by atoms with Crippen molar-refractivity contribution >= 4 is 34.0 Å². The number of aryl methyl sites for hydroxylation is 4. The molecule has 29 heavy (non-hydrogen) atoms. The molecule has 0 fully saturated rings. The zero-order valence-electron chi connectivity index (χ0n) is 16.2. The molecule has 1 aromatic heterocycles. The number of anilines is 2. The average molecular weight is 404 g/mol.